The van der Waals surface area contributed by atoms with E-state index in [-0.39, 0.29) is 0 Å². The van der Waals surface area contributed by atoms with Crippen molar-refractivity contribution in [1.82, 2.24) is 14.7 Å². The van der Waals surface area contributed by atoms with Crippen molar-refractivity contribution in [2.75, 3.05) is 45.0 Å². The minimum absolute atomic E-state index is 0.360. The second-order valence-electron chi connectivity index (χ2n) is 6.56. The van der Waals surface area contributed by atoms with Crippen molar-refractivity contribution >= 4 is 42.8 Å². The standard InChI is InChI=1S/C17H26Cl2N3O2P.C2H2O4/c1-21-11-7-17(8-12-21)24-25(23,22(13-9-18)14-10-19)20-15-16-5-3-2-4-6-16;3-1(4)2(5)6/h2-7H,8-15H2,1H3,(H,20,23);(H,3,4)(H,5,6). The average molecular weight is 496 g/mol. The summed E-state index contributed by atoms with van der Waals surface area (Å²) >= 11 is 11.8. The molecule has 0 radical (unpaired) electrons. The van der Waals surface area contributed by atoms with Crippen LogP contribution in [0.15, 0.2) is 42.2 Å². The highest BCUT2D eigenvalue weighted by Gasteiger charge is 2.33. The fraction of sp³-hybridized carbons (Fsp3) is 0.474. The van der Waals surface area contributed by atoms with Crippen molar-refractivity contribution in [2.24, 2.45) is 0 Å². The number of nitrogens with zero attached hydrogens (tertiary/aromatic N) is 2. The normalized spacial score (nSPS) is 15.9. The van der Waals surface area contributed by atoms with Crippen LogP contribution in [0.2, 0.25) is 0 Å². The predicted molar refractivity (Wildman–Crippen MR) is 120 cm³/mol. The maximum Gasteiger partial charge on any atom is 0.414 e. The van der Waals surface area contributed by atoms with E-state index in [0.29, 0.717) is 31.4 Å². The van der Waals surface area contributed by atoms with Gasteiger partial charge in [-0.05, 0) is 18.7 Å². The van der Waals surface area contributed by atoms with Crippen LogP contribution in [-0.2, 0) is 25.2 Å². The molecule has 9 nitrogen and oxygen atoms in total. The Bertz CT molecular complexity index is 763. The van der Waals surface area contributed by atoms with Gasteiger partial charge < -0.3 is 19.6 Å². The first-order valence-corrected chi connectivity index (χ1v) is 12.2. The monoisotopic (exact) mass is 495 g/mol. The third kappa shape index (κ3) is 10.5. The van der Waals surface area contributed by atoms with E-state index in [1.54, 1.807) is 4.67 Å². The summed E-state index contributed by atoms with van der Waals surface area (Å²) in [6.45, 7) is 3.02. The van der Waals surface area contributed by atoms with Crippen molar-refractivity contribution in [1.29, 1.82) is 0 Å². The fourth-order valence-electron chi connectivity index (χ4n) is 2.54. The lowest BCUT2D eigenvalue weighted by molar-refractivity contribution is -0.159. The van der Waals surface area contributed by atoms with Gasteiger partial charge in [-0.25, -0.2) is 23.9 Å². The Morgan fingerprint density at radius 1 is 1.16 bits per heavy atom. The molecule has 1 heterocycles. The Morgan fingerprint density at radius 2 is 1.74 bits per heavy atom. The quantitative estimate of drug-likeness (QED) is 0.255. The topological polar surface area (TPSA) is 119 Å². The minimum Gasteiger partial charge on any atom is -0.473 e. The third-order valence-electron chi connectivity index (χ3n) is 4.18. The van der Waals surface area contributed by atoms with Gasteiger partial charge in [0.25, 0.3) is 0 Å². The van der Waals surface area contributed by atoms with Crippen molar-refractivity contribution in [2.45, 2.75) is 13.0 Å². The molecule has 0 aromatic heterocycles. The number of alkyl halides is 2. The van der Waals surface area contributed by atoms with Gasteiger partial charge in [0, 0.05) is 50.9 Å². The predicted octanol–water partition coefficient (Wildman–Crippen LogP) is 3.06. The Hall–Kier alpha value is -1.61. The molecule has 0 amide bonds. The molecule has 0 fully saturated rings. The van der Waals surface area contributed by atoms with Gasteiger partial charge in [0.05, 0.1) is 0 Å². The van der Waals surface area contributed by atoms with Gasteiger partial charge in [0.1, 0.15) is 5.76 Å². The van der Waals surface area contributed by atoms with Gasteiger partial charge in [-0.1, -0.05) is 30.3 Å². The highest BCUT2D eigenvalue weighted by molar-refractivity contribution is 7.54. The maximum absolute atomic E-state index is 13.6. The Labute approximate surface area is 192 Å². The molecule has 31 heavy (non-hydrogen) atoms. The third-order valence-corrected chi connectivity index (χ3v) is 6.70. The summed E-state index contributed by atoms with van der Waals surface area (Å²) in [4.78, 5) is 20.4. The lowest BCUT2D eigenvalue weighted by Gasteiger charge is -2.33. The fourth-order valence-corrected chi connectivity index (χ4v) is 5.16. The molecule has 1 unspecified atom stereocenters. The summed E-state index contributed by atoms with van der Waals surface area (Å²) in [6.07, 6.45) is 2.73. The van der Waals surface area contributed by atoms with Crippen LogP contribution in [0.3, 0.4) is 0 Å². The van der Waals surface area contributed by atoms with Gasteiger partial charge in [-0.2, -0.15) is 0 Å². The van der Waals surface area contributed by atoms with Gasteiger partial charge in [0.2, 0.25) is 0 Å². The second-order valence-corrected chi connectivity index (χ2v) is 9.42. The molecule has 0 saturated carbocycles. The molecule has 0 saturated heterocycles. The van der Waals surface area contributed by atoms with E-state index in [4.69, 9.17) is 47.5 Å². The van der Waals surface area contributed by atoms with Gasteiger partial charge in [-0.15, -0.1) is 23.2 Å². The zero-order valence-electron chi connectivity index (χ0n) is 17.2. The van der Waals surface area contributed by atoms with E-state index in [1.807, 2.05) is 43.5 Å². The van der Waals surface area contributed by atoms with E-state index in [9.17, 15) is 4.57 Å². The zero-order chi connectivity index (χ0) is 23.3. The molecule has 3 N–H and O–H groups in total. The number of rotatable bonds is 10. The zero-order valence-corrected chi connectivity index (χ0v) is 19.7. The Kier molecular flexibility index (Phi) is 12.8. The molecule has 1 atom stereocenters. The minimum atomic E-state index is -3.29. The maximum atomic E-state index is 13.6. The molecule has 1 aromatic carbocycles. The van der Waals surface area contributed by atoms with Crippen LogP contribution in [0, 0.1) is 0 Å². The average Bonchev–Trinajstić information content (AvgIpc) is 2.75. The van der Waals surface area contributed by atoms with Gasteiger partial charge in [-0.3, -0.25) is 0 Å². The molecule has 1 aliphatic heterocycles. The number of hydrogen-bond donors (Lipinski definition) is 3. The van der Waals surface area contributed by atoms with Crippen molar-refractivity contribution < 1.29 is 28.9 Å². The first-order chi connectivity index (χ1) is 14.7. The smallest absolute Gasteiger partial charge is 0.414 e. The van der Waals surface area contributed by atoms with Crippen molar-refractivity contribution in [3.63, 3.8) is 0 Å². The first-order valence-electron chi connectivity index (χ1n) is 9.51. The van der Waals surface area contributed by atoms with Crippen LogP contribution in [-0.4, -0.2) is 76.7 Å². The number of carbonyl (C=O) groups is 2. The summed E-state index contributed by atoms with van der Waals surface area (Å²) in [5, 5.41) is 17.9. The van der Waals surface area contributed by atoms with Crippen LogP contribution in [0.25, 0.3) is 0 Å². The van der Waals surface area contributed by atoms with E-state index in [0.717, 1.165) is 30.8 Å². The lowest BCUT2D eigenvalue weighted by atomic mass is 10.2. The molecule has 0 bridgehead atoms. The number of aliphatic carboxylic acids is 2. The van der Waals surface area contributed by atoms with Crippen LogP contribution < -0.4 is 5.09 Å². The van der Waals surface area contributed by atoms with Crippen molar-refractivity contribution in [3.8, 4) is 0 Å². The second kappa shape index (κ2) is 14.5. The van der Waals surface area contributed by atoms with E-state index < -0.39 is 19.6 Å². The molecule has 0 spiro atoms. The molecule has 174 valence electrons. The Balaban J connectivity index is 0.000000703. The highest BCUT2D eigenvalue weighted by atomic mass is 35.5. The first kappa shape index (κ1) is 27.4. The molecule has 1 aromatic rings. The van der Waals surface area contributed by atoms with Crippen LogP contribution in [0.1, 0.15) is 12.0 Å². The number of hydrogen-bond acceptors (Lipinski definition) is 5. The summed E-state index contributed by atoms with van der Waals surface area (Å²) in [5.74, 6) is -2.17. The number of halogens is 2. The largest absolute Gasteiger partial charge is 0.473 e. The summed E-state index contributed by atoms with van der Waals surface area (Å²) < 4.78 is 21.4. The summed E-state index contributed by atoms with van der Waals surface area (Å²) in [5.41, 5.74) is 1.04. The molecule has 2 rings (SSSR count). The number of benzene rings is 1. The lowest BCUT2D eigenvalue weighted by Crippen LogP contribution is -2.33. The molecule has 0 aliphatic carbocycles. The summed E-state index contributed by atoms with van der Waals surface area (Å²) in [6, 6.07) is 9.84. The molecular weight excluding hydrogens is 468 g/mol. The number of likely N-dealkylation sites (N-methyl/N-ethyl adjacent to an activating group) is 1. The van der Waals surface area contributed by atoms with Crippen molar-refractivity contribution in [3.05, 3.63) is 47.7 Å². The summed E-state index contributed by atoms with van der Waals surface area (Å²) in [7, 11) is -1.24. The number of nitrogens with one attached hydrogen (secondary N) is 1. The van der Waals surface area contributed by atoms with E-state index >= 15 is 0 Å². The SMILES string of the molecule is CN1CC=C(OP(=O)(NCc2ccccc2)N(CCCl)CCCl)CC1.O=C(O)C(=O)O. The van der Waals surface area contributed by atoms with Gasteiger partial charge in [0.15, 0.2) is 0 Å². The van der Waals surface area contributed by atoms with E-state index in [2.05, 4.69) is 9.99 Å². The highest BCUT2D eigenvalue weighted by Crippen LogP contribution is 2.49. The van der Waals surface area contributed by atoms with Crippen LogP contribution in [0.4, 0.5) is 0 Å². The van der Waals surface area contributed by atoms with Crippen LogP contribution in [0.5, 0.6) is 0 Å². The van der Waals surface area contributed by atoms with Crippen LogP contribution >= 0.6 is 30.9 Å². The Morgan fingerprint density at radius 3 is 2.19 bits per heavy atom. The van der Waals surface area contributed by atoms with E-state index in [1.165, 1.54) is 0 Å². The van der Waals surface area contributed by atoms with Gasteiger partial charge >= 0.3 is 19.6 Å². The number of carboxylic acid groups (broad SMARTS) is 2. The molecule has 1 aliphatic rings. The number of carboxylic acids is 2. The molecular formula is C19H28Cl2N3O6P. The molecule has 12 heteroatoms.